The van der Waals surface area contributed by atoms with Gasteiger partial charge in [-0.15, -0.1) is 35.3 Å². The Morgan fingerprint density at radius 1 is 1.37 bits per heavy atom. The second kappa shape index (κ2) is 13.5. The van der Waals surface area contributed by atoms with E-state index in [2.05, 4.69) is 41.3 Å². The van der Waals surface area contributed by atoms with Crippen LogP contribution in [0.25, 0.3) is 0 Å². The number of halogens is 1. The molecule has 172 valence electrons. The number of nitrogens with one attached hydrogen (secondary N) is 2. The lowest BCUT2D eigenvalue weighted by molar-refractivity contribution is 0.0531. The van der Waals surface area contributed by atoms with Crippen LogP contribution in [-0.4, -0.2) is 60.6 Å². The number of esters is 1. The molecule has 1 aromatic heterocycles. The van der Waals surface area contributed by atoms with Gasteiger partial charge in [-0.2, -0.15) is 0 Å². The Hall–Kier alpha value is -0.940. The SMILES string of the molecule is CCNC(=NCC1CCCN(C(C)C)C1)NC(C)c1nc(C)c(C(=O)OCC)s1.I. The van der Waals surface area contributed by atoms with Crippen LogP contribution in [0.1, 0.15) is 73.9 Å². The maximum Gasteiger partial charge on any atom is 0.350 e. The third-order valence-electron chi connectivity index (χ3n) is 5.13. The predicted molar refractivity (Wildman–Crippen MR) is 135 cm³/mol. The van der Waals surface area contributed by atoms with Gasteiger partial charge >= 0.3 is 5.97 Å². The van der Waals surface area contributed by atoms with Gasteiger partial charge in [0.25, 0.3) is 0 Å². The summed E-state index contributed by atoms with van der Waals surface area (Å²) in [5.74, 6) is 1.09. The first kappa shape index (κ1) is 27.1. The number of aryl methyl sites for hydroxylation is 1. The number of aromatic nitrogens is 1. The number of nitrogens with zero attached hydrogens (tertiary/aromatic N) is 3. The second-order valence-electron chi connectivity index (χ2n) is 7.87. The number of rotatable bonds is 8. The molecule has 30 heavy (non-hydrogen) atoms. The van der Waals surface area contributed by atoms with Gasteiger partial charge in [-0.25, -0.2) is 9.78 Å². The van der Waals surface area contributed by atoms with Gasteiger partial charge in [-0.1, -0.05) is 0 Å². The molecule has 7 nitrogen and oxygen atoms in total. The van der Waals surface area contributed by atoms with E-state index in [4.69, 9.17) is 9.73 Å². The van der Waals surface area contributed by atoms with Crippen molar-refractivity contribution in [1.82, 2.24) is 20.5 Å². The molecule has 1 aliphatic rings. The highest BCUT2D eigenvalue weighted by Crippen LogP contribution is 2.24. The minimum Gasteiger partial charge on any atom is -0.462 e. The molecule has 2 heterocycles. The molecular formula is C21H38IN5O2S. The number of thiazole rings is 1. The van der Waals surface area contributed by atoms with E-state index in [1.807, 2.05) is 20.8 Å². The molecule has 2 unspecified atom stereocenters. The van der Waals surface area contributed by atoms with Crippen molar-refractivity contribution < 1.29 is 9.53 Å². The van der Waals surface area contributed by atoms with Crippen molar-refractivity contribution in [3.63, 3.8) is 0 Å². The van der Waals surface area contributed by atoms with Crippen LogP contribution < -0.4 is 10.6 Å². The van der Waals surface area contributed by atoms with Crippen molar-refractivity contribution in [2.75, 3.05) is 32.8 Å². The van der Waals surface area contributed by atoms with Gasteiger partial charge in [-0.3, -0.25) is 4.99 Å². The summed E-state index contributed by atoms with van der Waals surface area (Å²) in [5, 5.41) is 7.63. The summed E-state index contributed by atoms with van der Waals surface area (Å²) in [5.41, 5.74) is 0.718. The molecule has 0 amide bonds. The zero-order chi connectivity index (χ0) is 21.4. The van der Waals surface area contributed by atoms with Crippen molar-refractivity contribution in [2.45, 2.75) is 66.5 Å². The van der Waals surface area contributed by atoms with Crippen molar-refractivity contribution >= 4 is 47.2 Å². The number of carbonyl (C=O) groups excluding carboxylic acids is 1. The maximum absolute atomic E-state index is 12.1. The van der Waals surface area contributed by atoms with E-state index < -0.39 is 0 Å². The molecule has 0 saturated carbocycles. The Bertz CT molecular complexity index is 695. The van der Waals surface area contributed by atoms with Crippen LogP contribution in [0, 0.1) is 12.8 Å². The van der Waals surface area contributed by atoms with Gasteiger partial charge in [-0.05, 0) is 66.8 Å². The van der Waals surface area contributed by atoms with Gasteiger partial charge in [0, 0.05) is 25.7 Å². The number of hydrogen-bond acceptors (Lipinski definition) is 6. The Morgan fingerprint density at radius 3 is 2.73 bits per heavy atom. The average Bonchev–Trinajstić information content (AvgIpc) is 3.08. The van der Waals surface area contributed by atoms with Crippen molar-refractivity contribution in [1.29, 1.82) is 0 Å². The highest BCUT2D eigenvalue weighted by atomic mass is 127. The van der Waals surface area contributed by atoms with Crippen LogP contribution in [-0.2, 0) is 4.74 Å². The largest absolute Gasteiger partial charge is 0.462 e. The number of piperidine rings is 1. The minimum atomic E-state index is -0.298. The molecule has 9 heteroatoms. The summed E-state index contributed by atoms with van der Waals surface area (Å²) >= 11 is 1.39. The van der Waals surface area contributed by atoms with E-state index in [9.17, 15) is 4.79 Å². The first-order valence-electron chi connectivity index (χ1n) is 10.8. The van der Waals surface area contributed by atoms with Gasteiger partial charge in [0.1, 0.15) is 9.88 Å². The summed E-state index contributed by atoms with van der Waals surface area (Å²) in [6, 6.07) is 0.549. The van der Waals surface area contributed by atoms with E-state index in [1.165, 1.54) is 30.7 Å². The van der Waals surface area contributed by atoms with E-state index in [0.29, 0.717) is 23.4 Å². The number of aliphatic imine (C=N–C) groups is 1. The fourth-order valence-electron chi connectivity index (χ4n) is 3.51. The van der Waals surface area contributed by atoms with Crippen LogP contribution in [0.15, 0.2) is 4.99 Å². The Labute approximate surface area is 202 Å². The van der Waals surface area contributed by atoms with Gasteiger partial charge in [0.15, 0.2) is 5.96 Å². The Morgan fingerprint density at radius 2 is 2.10 bits per heavy atom. The number of ether oxygens (including phenoxy) is 1. The summed E-state index contributed by atoms with van der Waals surface area (Å²) in [4.78, 5) is 24.6. The molecule has 1 aromatic rings. The minimum absolute atomic E-state index is 0. The molecule has 1 saturated heterocycles. The lowest BCUT2D eigenvalue weighted by Gasteiger charge is -2.34. The van der Waals surface area contributed by atoms with E-state index in [-0.39, 0.29) is 36.0 Å². The molecule has 0 bridgehead atoms. The summed E-state index contributed by atoms with van der Waals surface area (Å²) < 4.78 is 5.12. The van der Waals surface area contributed by atoms with Gasteiger partial charge in [0.2, 0.25) is 0 Å². The molecule has 1 fully saturated rings. The lowest BCUT2D eigenvalue weighted by Crippen LogP contribution is -2.42. The maximum atomic E-state index is 12.1. The second-order valence-corrected chi connectivity index (χ2v) is 8.90. The van der Waals surface area contributed by atoms with Gasteiger partial charge in [0.05, 0.1) is 18.3 Å². The third-order valence-corrected chi connectivity index (χ3v) is 6.45. The Kier molecular flexibility index (Phi) is 12.2. The molecule has 1 aliphatic heterocycles. The molecule has 2 rings (SSSR count). The van der Waals surface area contributed by atoms with Crippen molar-refractivity contribution in [3.8, 4) is 0 Å². The third kappa shape index (κ3) is 7.96. The first-order chi connectivity index (χ1) is 13.8. The van der Waals surface area contributed by atoms with E-state index in [1.54, 1.807) is 0 Å². The number of guanidine groups is 1. The van der Waals surface area contributed by atoms with E-state index in [0.717, 1.165) is 36.3 Å². The molecule has 0 aromatic carbocycles. The summed E-state index contributed by atoms with van der Waals surface area (Å²) in [6.07, 6.45) is 2.48. The monoisotopic (exact) mass is 551 g/mol. The molecule has 0 radical (unpaired) electrons. The standard InChI is InChI=1S/C21H37N5O2S.HI/c1-7-22-21(23-12-17-10-9-11-26(13-17)14(3)4)25-16(6)19-24-15(5)18(29-19)20(27)28-8-2;/h14,16-17H,7-13H2,1-6H3,(H2,22,23,25);1H. The fourth-order valence-corrected chi connectivity index (χ4v) is 4.47. The topological polar surface area (TPSA) is 78.9 Å². The molecule has 2 atom stereocenters. The van der Waals surface area contributed by atoms with Crippen LogP contribution in [0.2, 0.25) is 0 Å². The molecular weight excluding hydrogens is 513 g/mol. The average molecular weight is 552 g/mol. The highest BCUT2D eigenvalue weighted by molar-refractivity contribution is 14.0. The number of hydrogen-bond donors (Lipinski definition) is 2. The fraction of sp³-hybridized carbons (Fsp3) is 0.762. The number of carbonyl (C=O) groups is 1. The zero-order valence-electron chi connectivity index (χ0n) is 19.2. The summed E-state index contributed by atoms with van der Waals surface area (Å²) in [7, 11) is 0. The smallest absolute Gasteiger partial charge is 0.350 e. The van der Waals surface area contributed by atoms with Crippen LogP contribution in [0.3, 0.4) is 0 Å². The lowest BCUT2D eigenvalue weighted by atomic mass is 9.97. The van der Waals surface area contributed by atoms with Crippen molar-refractivity contribution in [3.05, 3.63) is 15.6 Å². The van der Waals surface area contributed by atoms with Crippen LogP contribution >= 0.6 is 35.3 Å². The van der Waals surface area contributed by atoms with Crippen LogP contribution in [0.4, 0.5) is 0 Å². The van der Waals surface area contributed by atoms with Gasteiger partial charge < -0.3 is 20.3 Å². The van der Waals surface area contributed by atoms with Crippen molar-refractivity contribution in [2.24, 2.45) is 10.9 Å². The predicted octanol–water partition coefficient (Wildman–Crippen LogP) is 3.98. The quantitative estimate of drug-likeness (QED) is 0.220. The summed E-state index contributed by atoms with van der Waals surface area (Å²) in [6.45, 7) is 16.6. The van der Waals surface area contributed by atoms with E-state index >= 15 is 0 Å². The molecule has 0 aliphatic carbocycles. The normalized spacial score (nSPS) is 18.6. The Balaban J connectivity index is 0.00000450. The van der Waals surface area contributed by atoms with Crippen LogP contribution in [0.5, 0.6) is 0 Å². The molecule has 0 spiro atoms. The number of likely N-dealkylation sites (tertiary alicyclic amines) is 1. The highest BCUT2D eigenvalue weighted by Gasteiger charge is 2.22. The first-order valence-corrected chi connectivity index (χ1v) is 11.6. The zero-order valence-corrected chi connectivity index (χ0v) is 22.3. The molecule has 2 N–H and O–H groups in total.